The van der Waals surface area contributed by atoms with Crippen LogP contribution in [0.15, 0.2) is 28.9 Å². The molecule has 0 saturated heterocycles. The minimum atomic E-state index is -3.47. The highest BCUT2D eigenvalue weighted by molar-refractivity contribution is 7.92. The van der Waals surface area contributed by atoms with Crippen molar-refractivity contribution in [2.75, 3.05) is 10.5 Å². The van der Waals surface area contributed by atoms with Gasteiger partial charge in [-0.15, -0.1) is 0 Å². The number of rotatable bonds is 7. The van der Waals surface area contributed by atoms with Crippen molar-refractivity contribution in [3.8, 4) is 0 Å². The SMILES string of the molecule is Cc1cc(Cn2ccc(CN)n2)cc2onc(NS(=O)(=O)CC3CCCCC3)c12. The van der Waals surface area contributed by atoms with Gasteiger partial charge in [0, 0.05) is 12.7 Å². The van der Waals surface area contributed by atoms with E-state index in [1.807, 2.05) is 36.0 Å². The molecule has 4 rings (SSSR count). The molecule has 3 N–H and O–H groups in total. The number of benzene rings is 1. The van der Waals surface area contributed by atoms with Crippen molar-refractivity contribution >= 4 is 26.8 Å². The van der Waals surface area contributed by atoms with Crippen LogP contribution in [0, 0.1) is 12.8 Å². The molecular weight excluding hydrogens is 390 g/mol. The molecule has 8 nitrogen and oxygen atoms in total. The maximum absolute atomic E-state index is 12.6. The lowest BCUT2D eigenvalue weighted by Crippen LogP contribution is -2.24. The Balaban J connectivity index is 1.53. The maximum Gasteiger partial charge on any atom is 0.234 e. The van der Waals surface area contributed by atoms with Crippen LogP contribution in [-0.4, -0.2) is 29.1 Å². The number of nitrogens with two attached hydrogens (primary N) is 1. The van der Waals surface area contributed by atoms with Crippen LogP contribution in [0.3, 0.4) is 0 Å². The van der Waals surface area contributed by atoms with E-state index in [0.717, 1.165) is 42.5 Å². The van der Waals surface area contributed by atoms with Gasteiger partial charge in [0.2, 0.25) is 10.0 Å². The van der Waals surface area contributed by atoms with Crippen LogP contribution in [0.25, 0.3) is 11.0 Å². The van der Waals surface area contributed by atoms with Gasteiger partial charge >= 0.3 is 0 Å². The number of sulfonamides is 1. The first-order chi connectivity index (χ1) is 13.9. The first kappa shape index (κ1) is 19.9. The molecule has 0 spiro atoms. The lowest BCUT2D eigenvalue weighted by molar-refractivity contribution is 0.385. The van der Waals surface area contributed by atoms with E-state index < -0.39 is 10.0 Å². The van der Waals surface area contributed by atoms with Crippen LogP contribution in [0.4, 0.5) is 5.82 Å². The zero-order valence-electron chi connectivity index (χ0n) is 16.6. The van der Waals surface area contributed by atoms with Gasteiger partial charge < -0.3 is 10.3 Å². The molecule has 2 heterocycles. The Hall–Kier alpha value is -2.39. The fourth-order valence-corrected chi connectivity index (χ4v) is 5.62. The van der Waals surface area contributed by atoms with Crippen LogP contribution >= 0.6 is 0 Å². The van der Waals surface area contributed by atoms with Gasteiger partial charge in [-0.05, 0) is 48.9 Å². The Morgan fingerprint density at radius 2 is 2.07 bits per heavy atom. The maximum atomic E-state index is 12.6. The quantitative estimate of drug-likeness (QED) is 0.610. The number of fused-ring (bicyclic) bond motifs is 1. The number of hydrogen-bond donors (Lipinski definition) is 2. The molecule has 0 bridgehead atoms. The summed E-state index contributed by atoms with van der Waals surface area (Å²) in [6.07, 6.45) is 7.25. The molecule has 0 amide bonds. The first-order valence-electron chi connectivity index (χ1n) is 10.1. The molecule has 1 aromatic carbocycles. The largest absolute Gasteiger partial charge is 0.354 e. The van der Waals surface area contributed by atoms with Gasteiger partial charge in [0.05, 0.1) is 23.4 Å². The predicted octanol–water partition coefficient (Wildman–Crippen LogP) is 3.16. The lowest BCUT2D eigenvalue weighted by Gasteiger charge is -2.21. The van der Waals surface area contributed by atoms with Crippen LogP contribution in [0.5, 0.6) is 0 Å². The van der Waals surface area contributed by atoms with Crippen LogP contribution < -0.4 is 10.5 Å². The van der Waals surface area contributed by atoms with Gasteiger partial charge in [0.15, 0.2) is 11.4 Å². The first-order valence-corrected chi connectivity index (χ1v) is 11.7. The molecule has 0 radical (unpaired) electrons. The molecule has 29 heavy (non-hydrogen) atoms. The third kappa shape index (κ3) is 4.62. The molecule has 1 aliphatic carbocycles. The minimum Gasteiger partial charge on any atom is -0.354 e. The Bertz CT molecular complexity index is 1100. The van der Waals surface area contributed by atoms with E-state index in [2.05, 4.69) is 15.0 Å². The molecule has 1 fully saturated rings. The van der Waals surface area contributed by atoms with Gasteiger partial charge in [-0.25, -0.2) is 8.42 Å². The fourth-order valence-electron chi connectivity index (χ4n) is 4.14. The van der Waals surface area contributed by atoms with E-state index in [4.69, 9.17) is 10.3 Å². The van der Waals surface area contributed by atoms with Gasteiger partial charge in [0.25, 0.3) is 0 Å². The van der Waals surface area contributed by atoms with Crippen molar-refractivity contribution in [3.05, 3.63) is 41.2 Å². The molecule has 0 aliphatic heterocycles. The monoisotopic (exact) mass is 417 g/mol. The molecule has 156 valence electrons. The van der Waals surface area contributed by atoms with Gasteiger partial charge in [-0.3, -0.25) is 9.40 Å². The van der Waals surface area contributed by atoms with Crippen molar-refractivity contribution in [1.29, 1.82) is 0 Å². The second-order valence-corrected chi connectivity index (χ2v) is 9.68. The summed E-state index contributed by atoms with van der Waals surface area (Å²) in [5, 5.41) is 9.09. The summed E-state index contributed by atoms with van der Waals surface area (Å²) in [5.41, 5.74) is 8.90. The van der Waals surface area contributed by atoms with Crippen LogP contribution in [0.1, 0.15) is 48.9 Å². The smallest absolute Gasteiger partial charge is 0.234 e. The normalized spacial score (nSPS) is 15.8. The molecule has 1 saturated carbocycles. The summed E-state index contributed by atoms with van der Waals surface area (Å²) in [5.74, 6) is 0.630. The van der Waals surface area contributed by atoms with Crippen molar-refractivity contribution in [3.63, 3.8) is 0 Å². The summed E-state index contributed by atoms with van der Waals surface area (Å²) in [6.45, 7) is 2.90. The van der Waals surface area contributed by atoms with E-state index >= 15 is 0 Å². The fraction of sp³-hybridized carbons (Fsp3) is 0.500. The molecule has 0 unspecified atom stereocenters. The third-order valence-corrected chi connectivity index (χ3v) is 6.93. The zero-order chi connectivity index (χ0) is 20.4. The van der Waals surface area contributed by atoms with Crippen molar-refractivity contribution in [2.45, 2.75) is 52.1 Å². The third-order valence-electron chi connectivity index (χ3n) is 5.51. The van der Waals surface area contributed by atoms with Crippen molar-refractivity contribution < 1.29 is 12.9 Å². The van der Waals surface area contributed by atoms with E-state index in [1.165, 1.54) is 6.42 Å². The van der Waals surface area contributed by atoms with E-state index in [0.29, 0.717) is 24.1 Å². The van der Waals surface area contributed by atoms with Gasteiger partial charge in [0.1, 0.15) is 0 Å². The van der Waals surface area contributed by atoms with Gasteiger partial charge in [-0.1, -0.05) is 30.5 Å². The van der Waals surface area contributed by atoms with Crippen molar-refractivity contribution in [1.82, 2.24) is 14.9 Å². The average Bonchev–Trinajstić information content (AvgIpc) is 3.29. The number of nitrogens with zero attached hydrogens (tertiary/aromatic N) is 3. The highest BCUT2D eigenvalue weighted by atomic mass is 32.2. The molecule has 3 aromatic rings. The van der Waals surface area contributed by atoms with E-state index in [9.17, 15) is 8.42 Å². The summed E-state index contributed by atoms with van der Waals surface area (Å²) < 4.78 is 35.2. The minimum absolute atomic E-state index is 0.140. The number of nitrogens with one attached hydrogen (secondary N) is 1. The summed E-state index contributed by atoms with van der Waals surface area (Å²) in [4.78, 5) is 0. The molecular formula is C20H27N5O3S. The number of hydrogen-bond acceptors (Lipinski definition) is 6. The van der Waals surface area contributed by atoms with E-state index in [1.54, 1.807) is 0 Å². The molecule has 0 atom stereocenters. The Labute approximate surface area is 170 Å². The second kappa shape index (κ2) is 8.16. The average molecular weight is 418 g/mol. The topological polar surface area (TPSA) is 116 Å². The number of anilines is 1. The summed E-state index contributed by atoms with van der Waals surface area (Å²) in [7, 11) is -3.47. The second-order valence-electron chi connectivity index (χ2n) is 7.91. The van der Waals surface area contributed by atoms with Crippen molar-refractivity contribution in [2.24, 2.45) is 11.7 Å². The number of aryl methyl sites for hydroxylation is 1. The predicted molar refractivity (Wildman–Crippen MR) is 112 cm³/mol. The van der Waals surface area contributed by atoms with E-state index in [-0.39, 0.29) is 17.5 Å². The highest BCUT2D eigenvalue weighted by Gasteiger charge is 2.24. The summed E-state index contributed by atoms with van der Waals surface area (Å²) >= 11 is 0. The highest BCUT2D eigenvalue weighted by Crippen LogP contribution is 2.30. The Morgan fingerprint density at radius 3 is 2.79 bits per heavy atom. The molecule has 9 heteroatoms. The van der Waals surface area contributed by atoms with Crippen LogP contribution in [0.2, 0.25) is 0 Å². The molecule has 2 aromatic heterocycles. The van der Waals surface area contributed by atoms with Gasteiger partial charge in [-0.2, -0.15) is 5.10 Å². The standard InChI is InChI=1S/C20H27N5O3S/c1-14-9-16(12-25-8-7-17(11-21)22-25)10-18-19(14)20(23-28-18)24-29(26,27)13-15-5-3-2-4-6-15/h7-10,15H,2-6,11-13,21H2,1H3,(H,23,24). The molecule has 1 aliphatic rings. The summed E-state index contributed by atoms with van der Waals surface area (Å²) in [6, 6.07) is 5.76. The zero-order valence-corrected chi connectivity index (χ0v) is 17.4. The lowest BCUT2D eigenvalue weighted by atomic mass is 9.91. The van der Waals surface area contributed by atoms with Crippen LogP contribution in [-0.2, 0) is 23.1 Å². The Morgan fingerprint density at radius 1 is 1.28 bits per heavy atom. The Kier molecular flexibility index (Phi) is 5.60. The number of aromatic nitrogens is 3.